The van der Waals surface area contributed by atoms with Gasteiger partial charge in [-0.1, -0.05) is 24.3 Å². The number of carbonyl (C=O) groups excluding carboxylic acids is 1. The largest absolute Gasteiger partial charge is 0.496 e. The lowest BCUT2D eigenvalue weighted by molar-refractivity contribution is -0.122. The number of rotatable bonds is 8. The molecule has 1 fully saturated rings. The second-order valence-electron chi connectivity index (χ2n) is 7.71. The Kier molecular flexibility index (Phi) is 6.74. The summed E-state index contributed by atoms with van der Waals surface area (Å²) in [5.41, 5.74) is 4.15. The first-order valence-electron chi connectivity index (χ1n) is 10.7. The van der Waals surface area contributed by atoms with Gasteiger partial charge in [-0.15, -0.1) is 0 Å². The molecule has 2 heterocycles. The van der Waals surface area contributed by atoms with E-state index < -0.39 is 0 Å². The predicted molar refractivity (Wildman–Crippen MR) is 131 cm³/mol. The van der Waals surface area contributed by atoms with E-state index in [4.69, 9.17) is 21.7 Å². The molecule has 1 N–H and O–H groups in total. The zero-order valence-electron chi connectivity index (χ0n) is 18.9. The van der Waals surface area contributed by atoms with Crippen LogP contribution in [-0.2, 0) is 24.5 Å². The van der Waals surface area contributed by atoms with E-state index in [0.29, 0.717) is 24.0 Å². The molecule has 0 aliphatic carbocycles. The Hall–Kier alpha value is -3.65. The highest BCUT2D eigenvalue weighted by atomic mass is 32.1. The van der Waals surface area contributed by atoms with E-state index in [0.717, 1.165) is 40.3 Å². The van der Waals surface area contributed by atoms with Gasteiger partial charge in [0.2, 0.25) is 0 Å². The van der Waals surface area contributed by atoms with Crippen LogP contribution in [-0.4, -0.2) is 32.8 Å². The quantitative estimate of drug-likeness (QED) is 0.402. The number of para-hydroxylation sites is 1. The minimum atomic E-state index is -0.169. The summed E-state index contributed by atoms with van der Waals surface area (Å²) in [6.45, 7) is 5.51. The van der Waals surface area contributed by atoms with Crippen molar-refractivity contribution < 1.29 is 14.3 Å². The Bertz CT molecular complexity index is 1220. The van der Waals surface area contributed by atoms with E-state index in [1.165, 1.54) is 0 Å². The van der Waals surface area contributed by atoms with E-state index in [1.807, 2.05) is 67.2 Å². The van der Waals surface area contributed by atoms with Crippen molar-refractivity contribution in [3.63, 3.8) is 0 Å². The number of benzene rings is 2. The highest BCUT2D eigenvalue weighted by molar-refractivity contribution is 7.80. The van der Waals surface area contributed by atoms with Crippen LogP contribution in [0, 0.1) is 6.92 Å². The maximum atomic E-state index is 13.0. The molecule has 170 valence electrons. The lowest BCUT2D eigenvalue weighted by atomic mass is 10.1. The molecular formula is C25H26N4O3S. The second-order valence-corrected chi connectivity index (χ2v) is 8.10. The van der Waals surface area contributed by atoms with Crippen LogP contribution in [0.3, 0.4) is 0 Å². The minimum absolute atomic E-state index is 0.169. The van der Waals surface area contributed by atoms with Gasteiger partial charge in [0.25, 0.3) is 5.91 Å². The Morgan fingerprint density at radius 3 is 2.73 bits per heavy atom. The first-order valence-corrected chi connectivity index (χ1v) is 11.1. The van der Waals surface area contributed by atoms with E-state index in [-0.39, 0.29) is 5.91 Å². The van der Waals surface area contributed by atoms with Gasteiger partial charge in [-0.25, -0.2) is 0 Å². The third-order valence-corrected chi connectivity index (χ3v) is 5.73. The molecule has 1 aromatic heterocycles. The number of ether oxygens (including phenoxy) is 2. The van der Waals surface area contributed by atoms with Crippen LogP contribution in [0.4, 0.5) is 0 Å². The van der Waals surface area contributed by atoms with Crippen molar-refractivity contribution in [3.8, 4) is 11.5 Å². The number of aryl methyl sites for hydroxylation is 2. The van der Waals surface area contributed by atoms with E-state index in [1.54, 1.807) is 24.3 Å². The van der Waals surface area contributed by atoms with Crippen molar-refractivity contribution >= 4 is 29.3 Å². The first-order chi connectivity index (χ1) is 16.0. The van der Waals surface area contributed by atoms with Crippen molar-refractivity contribution in [1.82, 2.24) is 20.0 Å². The molecule has 33 heavy (non-hydrogen) atoms. The minimum Gasteiger partial charge on any atom is -0.496 e. The van der Waals surface area contributed by atoms with Crippen LogP contribution in [0.5, 0.6) is 11.5 Å². The van der Waals surface area contributed by atoms with Crippen LogP contribution in [0.15, 0.2) is 60.6 Å². The van der Waals surface area contributed by atoms with E-state index >= 15 is 0 Å². The van der Waals surface area contributed by atoms with Gasteiger partial charge in [-0.2, -0.15) is 5.10 Å². The number of amides is 1. The van der Waals surface area contributed by atoms with Crippen LogP contribution in [0.1, 0.15) is 29.2 Å². The van der Waals surface area contributed by atoms with E-state index in [9.17, 15) is 4.79 Å². The molecule has 0 atom stereocenters. The SMILES string of the molecule is CCn1cc(CN2C(=O)/C(=C\c3ccc(OC)c(COc4ccccc4C)c3)NC2=S)cn1. The van der Waals surface area contributed by atoms with Gasteiger partial charge in [-0.05, 0) is 61.5 Å². The number of nitrogens with zero attached hydrogens (tertiary/aromatic N) is 3. The highest BCUT2D eigenvalue weighted by Gasteiger charge is 2.30. The number of hydrogen-bond donors (Lipinski definition) is 1. The Balaban J connectivity index is 1.52. The molecule has 0 bridgehead atoms. The summed E-state index contributed by atoms with van der Waals surface area (Å²) in [5.74, 6) is 1.38. The first kappa shape index (κ1) is 22.5. The summed E-state index contributed by atoms with van der Waals surface area (Å²) in [7, 11) is 1.63. The average Bonchev–Trinajstić information content (AvgIpc) is 3.38. The smallest absolute Gasteiger partial charge is 0.276 e. The molecular weight excluding hydrogens is 436 g/mol. The second kappa shape index (κ2) is 9.87. The van der Waals surface area contributed by atoms with Gasteiger partial charge in [0, 0.05) is 23.9 Å². The standard InChI is InChI=1S/C25H26N4O3S/c1-4-28-14-19(13-26-28)15-29-24(30)21(27-25(29)33)12-18-9-10-23(31-3)20(11-18)16-32-22-8-6-5-7-17(22)2/h5-14H,4,15-16H2,1-3H3,(H,27,33)/b21-12+. The van der Waals surface area contributed by atoms with Gasteiger partial charge in [0.05, 0.1) is 19.9 Å². The van der Waals surface area contributed by atoms with Gasteiger partial charge < -0.3 is 14.8 Å². The third kappa shape index (κ3) is 5.06. The highest BCUT2D eigenvalue weighted by Crippen LogP contribution is 2.25. The fourth-order valence-electron chi connectivity index (χ4n) is 3.60. The van der Waals surface area contributed by atoms with Crippen LogP contribution in [0.2, 0.25) is 0 Å². The molecule has 3 aromatic rings. The number of hydrogen-bond acceptors (Lipinski definition) is 5. The molecule has 1 amide bonds. The molecule has 8 heteroatoms. The predicted octanol–water partition coefficient (Wildman–Crippen LogP) is 4.06. The molecule has 2 aromatic carbocycles. The molecule has 1 saturated heterocycles. The Morgan fingerprint density at radius 2 is 2.00 bits per heavy atom. The molecule has 1 aliphatic heterocycles. The molecule has 0 radical (unpaired) electrons. The van der Waals surface area contributed by atoms with Crippen molar-refractivity contribution in [2.24, 2.45) is 0 Å². The summed E-state index contributed by atoms with van der Waals surface area (Å²) >= 11 is 5.40. The Labute approximate surface area is 198 Å². The summed E-state index contributed by atoms with van der Waals surface area (Å²) < 4.78 is 13.3. The van der Waals surface area contributed by atoms with Gasteiger partial charge >= 0.3 is 0 Å². The zero-order chi connectivity index (χ0) is 23.4. The van der Waals surface area contributed by atoms with Gasteiger partial charge in [0.15, 0.2) is 5.11 Å². The zero-order valence-corrected chi connectivity index (χ0v) is 19.7. The summed E-state index contributed by atoms with van der Waals surface area (Å²) in [5, 5.41) is 7.68. The molecule has 0 saturated carbocycles. The fourth-order valence-corrected chi connectivity index (χ4v) is 3.86. The van der Waals surface area contributed by atoms with Crippen molar-refractivity contribution in [3.05, 3.63) is 82.8 Å². The number of carbonyl (C=O) groups is 1. The molecule has 0 spiro atoms. The van der Waals surface area contributed by atoms with Crippen molar-refractivity contribution in [1.29, 1.82) is 0 Å². The number of aromatic nitrogens is 2. The maximum absolute atomic E-state index is 13.0. The fraction of sp³-hybridized carbons (Fsp3) is 0.240. The molecule has 7 nitrogen and oxygen atoms in total. The Morgan fingerprint density at radius 1 is 1.18 bits per heavy atom. The average molecular weight is 463 g/mol. The van der Waals surface area contributed by atoms with Crippen LogP contribution < -0.4 is 14.8 Å². The monoisotopic (exact) mass is 462 g/mol. The van der Waals surface area contributed by atoms with Crippen molar-refractivity contribution in [2.75, 3.05) is 7.11 Å². The molecule has 0 unspecified atom stereocenters. The van der Waals surface area contributed by atoms with Crippen molar-refractivity contribution in [2.45, 2.75) is 33.5 Å². The van der Waals surface area contributed by atoms with Gasteiger partial charge in [-0.3, -0.25) is 14.4 Å². The van der Waals surface area contributed by atoms with Crippen LogP contribution >= 0.6 is 12.2 Å². The number of nitrogens with one attached hydrogen (secondary N) is 1. The lowest BCUT2D eigenvalue weighted by Gasteiger charge is -2.13. The van der Waals surface area contributed by atoms with Gasteiger partial charge in [0.1, 0.15) is 23.8 Å². The number of thiocarbonyl (C=S) groups is 1. The molecule has 1 aliphatic rings. The van der Waals surface area contributed by atoms with E-state index in [2.05, 4.69) is 10.4 Å². The topological polar surface area (TPSA) is 68.6 Å². The van der Waals surface area contributed by atoms with Crippen LogP contribution in [0.25, 0.3) is 6.08 Å². The number of methoxy groups -OCH3 is 1. The summed E-state index contributed by atoms with van der Waals surface area (Å²) in [6, 6.07) is 13.6. The normalized spacial score (nSPS) is 14.6. The third-order valence-electron chi connectivity index (χ3n) is 5.41. The summed E-state index contributed by atoms with van der Waals surface area (Å²) in [6.07, 6.45) is 5.47. The summed E-state index contributed by atoms with van der Waals surface area (Å²) in [4.78, 5) is 14.5. The lowest BCUT2D eigenvalue weighted by Crippen LogP contribution is -2.29. The maximum Gasteiger partial charge on any atom is 0.276 e. The molecule has 4 rings (SSSR count).